The molecule has 6 nitrogen and oxygen atoms in total. The molecule has 0 aromatic carbocycles. The average molecular weight is 258 g/mol. The maximum absolute atomic E-state index is 10.9. The predicted octanol–water partition coefficient (Wildman–Crippen LogP) is 1.45. The van der Waals surface area contributed by atoms with Gasteiger partial charge in [-0.15, -0.1) is 0 Å². The first-order valence-electron chi connectivity index (χ1n) is 4.97. The molecular weight excluding hydrogens is 244 g/mol. The number of aromatic nitrogens is 2. The van der Waals surface area contributed by atoms with Gasteiger partial charge in [-0.3, -0.25) is 4.79 Å². The number of carboxylic acids is 1. The summed E-state index contributed by atoms with van der Waals surface area (Å²) in [6.07, 6.45) is 0.489. The molecule has 0 saturated carbocycles. The molecule has 17 heavy (non-hydrogen) atoms. The van der Waals surface area contributed by atoms with Crippen molar-refractivity contribution in [2.45, 2.75) is 23.8 Å². The highest BCUT2D eigenvalue weighted by Crippen LogP contribution is 2.26. The van der Waals surface area contributed by atoms with Crippen molar-refractivity contribution in [3.8, 4) is 11.8 Å². The Balaban J connectivity index is 2.92. The van der Waals surface area contributed by atoms with Gasteiger partial charge in [-0.1, -0.05) is 18.7 Å². The van der Waals surface area contributed by atoms with E-state index in [2.05, 4.69) is 9.97 Å². The Morgan fingerprint density at radius 1 is 1.41 bits per heavy atom. The second-order valence-corrected chi connectivity index (χ2v) is 4.26. The molecule has 0 aliphatic heterocycles. The number of methoxy groups -OCH3 is 2. The minimum Gasteiger partial charge on any atom is -0.481 e. The number of nitrogens with zero attached hydrogens (tertiary/aromatic N) is 2. The number of ether oxygens (including phenoxy) is 2. The van der Waals surface area contributed by atoms with Crippen LogP contribution in [0.1, 0.15) is 13.3 Å². The molecule has 0 aliphatic rings. The fourth-order valence-corrected chi connectivity index (χ4v) is 1.89. The molecule has 1 unspecified atom stereocenters. The van der Waals surface area contributed by atoms with Gasteiger partial charge < -0.3 is 14.6 Å². The molecule has 0 bridgehead atoms. The first kappa shape index (κ1) is 13.6. The van der Waals surface area contributed by atoms with Gasteiger partial charge in [0.2, 0.25) is 11.8 Å². The normalized spacial score (nSPS) is 11.9. The van der Waals surface area contributed by atoms with E-state index < -0.39 is 11.2 Å². The van der Waals surface area contributed by atoms with Crippen molar-refractivity contribution in [1.29, 1.82) is 0 Å². The lowest BCUT2D eigenvalue weighted by atomic mass is 10.3. The second kappa shape index (κ2) is 6.29. The second-order valence-electron chi connectivity index (χ2n) is 3.09. The van der Waals surface area contributed by atoms with Gasteiger partial charge in [-0.05, 0) is 6.42 Å². The summed E-state index contributed by atoms with van der Waals surface area (Å²) in [6, 6.07) is 1.53. The van der Waals surface area contributed by atoms with Crippen LogP contribution in [0.25, 0.3) is 0 Å². The topological polar surface area (TPSA) is 81.5 Å². The van der Waals surface area contributed by atoms with Crippen molar-refractivity contribution in [1.82, 2.24) is 9.97 Å². The molecule has 1 atom stereocenters. The summed E-state index contributed by atoms with van der Waals surface area (Å²) in [5.74, 6) is -0.193. The van der Waals surface area contributed by atoms with Crippen LogP contribution in [0, 0.1) is 0 Å². The summed E-state index contributed by atoms with van der Waals surface area (Å²) in [5, 5.41) is 8.70. The fourth-order valence-electron chi connectivity index (χ4n) is 1.08. The monoisotopic (exact) mass is 258 g/mol. The van der Waals surface area contributed by atoms with Gasteiger partial charge in [0, 0.05) is 0 Å². The van der Waals surface area contributed by atoms with Gasteiger partial charge in [0.15, 0.2) is 5.16 Å². The van der Waals surface area contributed by atoms with Crippen LogP contribution in [0.15, 0.2) is 11.2 Å². The zero-order valence-electron chi connectivity index (χ0n) is 9.84. The van der Waals surface area contributed by atoms with Crippen LogP contribution in [0.3, 0.4) is 0 Å². The molecule has 1 aromatic heterocycles. The van der Waals surface area contributed by atoms with Crippen LogP contribution < -0.4 is 9.47 Å². The molecular formula is C10H14N2O4S. The molecule has 0 saturated heterocycles. The van der Waals surface area contributed by atoms with Gasteiger partial charge in [-0.2, -0.15) is 9.97 Å². The van der Waals surface area contributed by atoms with E-state index >= 15 is 0 Å². The van der Waals surface area contributed by atoms with Gasteiger partial charge in [-0.25, -0.2) is 0 Å². The van der Waals surface area contributed by atoms with Crippen molar-refractivity contribution in [3.05, 3.63) is 6.07 Å². The summed E-state index contributed by atoms with van der Waals surface area (Å²) in [6.45, 7) is 1.79. The molecule has 1 heterocycles. The fraction of sp³-hybridized carbons (Fsp3) is 0.500. The molecule has 1 N–H and O–H groups in total. The van der Waals surface area contributed by atoms with Crippen molar-refractivity contribution in [2.24, 2.45) is 0 Å². The smallest absolute Gasteiger partial charge is 0.317 e. The van der Waals surface area contributed by atoms with Crippen LogP contribution in [0.5, 0.6) is 11.8 Å². The zero-order valence-corrected chi connectivity index (χ0v) is 10.7. The van der Waals surface area contributed by atoms with Gasteiger partial charge in [0.1, 0.15) is 5.25 Å². The number of aliphatic carboxylic acids is 1. The maximum atomic E-state index is 10.9. The Morgan fingerprint density at radius 3 is 2.29 bits per heavy atom. The number of thioether (sulfide) groups is 1. The van der Waals surface area contributed by atoms with E-state index in [4.69, 9.17) is 14.6 Å². The lowest BCUT2D eigenvalue weighted by molar-refractivity contribution is -0.136. The summed E-state index contributed by atoms with van der Waals surface area (Å²) in [4.78, 5) is 19.0. The van der Waals surface area contributed by atoms with Crippen LogP contribution in [0.4, 0.5) is 0 Å². The first-order valence-corrected chi connectivity index (χ1v) is 5.85. The van der Waals surface area contributed by atoms with Crippen molar-refractivity contribution in [3.63, 3.8) is 0 Å². The number of carbonyl (C=O) groups is 1. The third-order valence-corrected chi connectivity index (χ3v) is 3.18. The van der Waals surface area contributed by atoms with Crippen LogP contribution in [-0.2, 0) is 4.79 Å². The summed E-state index contributed by atoms with van der Waals surface area (Å²) < 4.78 is 9.96. The molecule has 0 amide bonds. The molecule has 7 heteroatoms. The highest BCUT2D eigenvalue weighted by Gasteiger charge is 2.19. The van der Waals surface area contributed by atoms with Gasteiger partial charge >= 0.3 is 5.97 Å². The Kier molecular flexibility index (Phi) is 5.02. The number of carboxylic acid groups (broad SMARTS) is 1. The minimum absolute atomic E-state index is 0.329. The highest BCUT2D eigenvalue weighted by atomic mass is 32.2. The zero-order chi connectivity index (χ0) is 12.8. The molecule has 94 valence electrons. The minimum atomic E-state index is -0.886. The average Bonchev–Trinajstić information content (AvgIpc) is 2.34. The molecule has 1 aromatic rings. The number of rotatable bonds is 6. The van der Waals surface area contributed by atoms with Crippen molar-refractivity contribution >= 4 is 17.7 Å². The van der Waals surface area contributed by atoms with E-state index in [9.17, 15) is 4.79 Å². The maximum Gasteiger partial charge on any atom is 0.317 e. The van der Waals surface area contributed by atoms with E-state index in [1.807, 2.05) is 0 Å². The lowest BCUT2D eigenvalue weighted by Gasteiger charge is -2.09. The van der Waals surface area contributed by atoms with Crippen LogP contribution in [-0.4, -0.2) is 40.5 Å². The van der Waals surface area contributed by atoms with Crippen LogP contribution >= 0.6 is 11.8 Å². The predicted molar refractivity (Wildman–Crippen MR) is 62.7 cm³/mol. The Hall–Kier alpha value is -1.50. The van der Waals surface area contributed by atoms with E-state index in [1.165, 1.54) is 20.3 Å². The van der Waals surface area contributed by atoms with Crippen molar-refractivity contribution in [2.75, 3.05) is 14.2 Å². The molecule has 0 aliphatic carbocycles. The molecule has 1 rings (SSSR count). The molecule has 0 fully saturated rings. The molecule has 0 spiro atoms. The van der Waals surface area contributed by atoms with E-state index in [1.54, 1.807) is 6.92 Å². The van der Waals surface area contributed by atoms with E-state index in [-0.39, 0.29) is 0 Å². The van der Waals surface area contributed by atoms with Gasteiger partial charge in [0.05, 0.1) is 20.3 Å². The summed E-state index contributed by atoms with van der Waals surface area (Å²) >= 11 is 1.07. The van der Waals surface area contributed by atoms with Gasteiger partial charge in [0.25, 0.3) is 0 Å². The lowest BCUT2D eigenvalue weighted by Crippen LogP contribution is -2.15. The quantitative estimate of drug-likeness (QED) is 0.610. The summed E-state index contributed by atoms with van der Waals surface area (Å²) in [5.41, 5.74) is 0. The van der Waals surface area contributed by atoms with Crippen molar-refractivity contribution < 1.29 is 19.4 Å². The van der Waals surface area contributed by atoms with E-state index in [0.29, 0.717) is 23.3 Å². The Bertz CT molecular complexity index is 378. The third kappa shape index (κ3) is 3.77. The molecule has 0 radical (unpaired) electrons. The third-order valence-electron chi connectivity index (χ3n) is 1.97. The number of hydrogen-bond acceptors (Lipinski definition) is 6. The largest absolute Gasteiger partial charge is 0.481 e. The standard InChI is InChI=1S/C10H14N2O4S/c1-4-6(9(13)14)17-10-11-7(15-2)5-8(12-10)16-3/h5-6H,4H2,1-3H3,(H,13,14). The van der Waals surface area contributed by atoms with E-state index in [0.717, 1.165) is 11.8 Å². The highest BCUT2D eigenvalue weighted by molar-refractivity contribution is 8.00. The Labute approximate surface area is 103 Å². The summed E-state index contributed by atoms with van der Waals surface area (Å²) in [7, 11) is 2.95. The number of hydrogen-bond donors (Lipinski definition) is 1. The first-order chi connectivity index (χ1) is 8.10. The Morgan fingerprint density at radius 2 is 1.94 bits per heavy atom. The SMILES string of the molecule is CCC(Sc1nc(OC)cc(OC)n1)C(=O)O. The van der Waals surface area contributed by atoms with Crippen LogP contribution in [0.2, 0.25) is 0 Å².